The highest BCUT2D eigenvalue weighted by atomic mass is 16.5. The molecule has 4 nitrogen and oxygen atoms in total. The topological polar surface area (TPSA) is 42.4 Å². The number of aryl methyl sites for hydroxylation is 1. The normalized spacial score (nSPS) is 19.3. The largest absolute Gasteiger partial charge is 0.490 e. The highest BCUT2D eigenvalue weighted by Crippen LogP contribution is 2.30. The van der Waals surface area contributed by atoms with E-state index in [0.717, 1.165) is 36.0 Å². The number of aromatic nitrogens is 1. The maximum Gasteiger partial charge on any atom is 0.222 e. The van der Waals surface area contributed by atoms with Gasteiger partial charge in [0.1, 0.15) is 11.9 Å². The first kappa shape index (κ1) is 19.4. The van der Waals surface area contributed by atoms with Crippen LogP contribution in [0, 0.1) is 6.92 Å². The fraction of sp³-hybridized carbons (Fsp3) is 0.360. The third-order valence-corrected chi connectivity index (χ3v) is 5.95. The van der Waals surface area contributed by atoms with Gasteiger partial charge in [0.15, 0.2) is 0 Å². The van der Waals surface area contributed by atoms with Gasteiger partial charge in [-0.1, -0.05) is 37.3 Å². The van der Waals surface area contributed by atoms with Gasteiger partial charge in [0, 0.05) is 43.4 Å². The molecule has 150 valence electrons. The number of likely N-dealkylation sites (tertiary alicyclic amines) is 1. The van der Waals surface area contributed by atoms with Crippen LogP contribution >= 0.6 is 0 Å². The Kier molecular flexibility index (Phi) is 5.52. The molecule has 4 rings (SSSR count). The van der Waals surface area contributed by atoms with Crippen molar-refractivity contribution in [1.29, 1.82) is 0 Å². The van der Waals surface area contributed by atoms with Crippen molar-refractivity contribution in [2.75, 3.05) is 6.54 Å². The lowest BCUT2D eigenvalue weighted by molar-refractivity contribution is -0.135. The van der Waals surface area contributed by atoms with Gasteiger partial charge in [0.05, 0.1) is 5.52 Å². The van der Waals surface area contributed by atoms with Gasteiger partial charge in [0.2, 0.25) is 5.91 Å². The summed E-state index contributed by atoms with van der Waals surface area (Å²) in [5.74, 6) is 1.12. The number of amides is 1. The van der Waals surface area contributed by atoms with Crippen molar-refractivity contribution in [3.8, 4) is 16.9 Å². The van der Waals surface area contributed by atoms with Gasteiger partial charge < -0.3 is 9.64 Å². The molecule has 1 aliphatic heterocycles. The Balaban J connectivity index is 1.47. The van der Waals surface area contributed by atoms with Crippen LogP contribution in [0.2, 0.25) is 0 Å². The number of fused-ring (bicyclic) bond motifs is 1. The standard InChI is InChI=1S/C25H28N2O2/c1-4-24(28)27-15-13-22(16-17(27)2)29-21-10-7-19(8-11-21)23-12-9-20-6-5-14-26-25(20)18(23)3/h5-12,14,17,22H,4,13,15-16H2,1-3H3. The molecule has 29 heavy (non-hydrogen) atoms. The Morgan fingerprint density at radius 1 is 1.17 bits per heavy atom. The zero-order valence-electron chi connectivity index (χ0n) is 17.4. The van der Waals surface area contributed by atoms with E-state index in [1.807, 2.05) is 36.2 Å². The summed E-state index contributed by atoms with van der Waals surface area (Å²) in [7, 11) is 0. The van der Waals surface area contributed by atoms with Crippen LogP contribution in [0.15, 0.2) is 54.7 Å². The summed E-state index contributed by atoms with van der Waals surface area (Å²) < 4.78 is 6.23. The molecule has 0 radical (unpaired) electrons. The van der Waals surface area contributed by atoms with Crippen molar-refractivity contribution in [3.05, 3.63) is 60.3 Å². The van der Waals surface area contributed by atoms with E-state index in [-0.39, 0.29) is 18.1 Å². The Morgan fingerprint density at radius 3 is 2.69 bits per heavy atom. The van der Waals surface area contributed by atoms with Crippen molar-refractivity contribution in [3.63, 3.8) is 0 Å². The van der Waals surface area contributed by atoms with Crippen LogP contribution in [0.4, 0.5) is 0 Å². The lowest BCUT2D eigenvalue weighted by Gasteiger charge is -2.37. The molecule has 0 bridgehead atoms. The second-order valence-electron chi connectivity index (χ2n) is 7.89. The quantitative estimate of drug-likeness (QED) is 0.603. The lowest BCUT2D eigenvalue weighted by Crippen LogP contribution is -2.47. The van der Waals surface area contributed by atoms with E-state index in [1.54, 1.807) is 0 Å². The average Bonchev–Trinajstić information content (AvgIpc) is 2.74. The first-order valence-electron chi connectivity index (χ1n) is 10.5. The van der Waals surface area contributed by atoms with Crippen LogP contribution < -0.4 is 4.74 Å². The van der Waals surface area contributed by atoms with Gasteiger partial charge in [-0.15, -0.1) is 0 Å². The molecule has 2 unspecified atom stereocenters. The molecule has 0 N–H and O–H groups in total. The number of rotatable bonds is 4. The first-order valence-corrected chi connectivity index (χ1v) is 10.5. The van der Waals surface area contributed by atoms with Crippen LogP contribution in [0.25, 0.3) is 22.0 Å². The number of nitrogens with zero attached hydrogens (tertiary/aromatic N) is 2. The summed E-state index contributed by atoms with van der Waals surface area (Å²) in [6.07, 6.45) is 4.33. The zero-order chi connectivity index (χ0) is 20.4. The molecule has 0 spiro atoms. The second-order valence-corrected chi connectivity index (χ2v) is 7.89. The Morgan fingerprint density at radius 2 is 1.97 bits per heavy atom. The number of carbonyl (C=O) groups excluding carboxylic acids is 1. The minimum Gasteiger partial charge on any atom is -0.490 e. The molecular formula is C25H28N2O2. The average molecular weight is 389 g/mol. The number of hydrogen-bond donors (Lipinski definition) is 0. The van der Waals surface area contributed by atoms with E-state index < -0.39 is 0 Å². The van der Waals surface area contributed by atoms with E-state index in [1.165, 1.54) is 16.7 Å². The molecule has 0 saturated carbocycles. The molecule has 4 heteroatoms. The minimum absolute atomic E-state index is 0.156. The maximum absolute atomic E-state index is 12.0. The molecule has 1 fully saturated rings. The first-order chi connectivity index (χ1) is 14.1. The summed E-state index contributed by atoms with van der Waals surface area (Å²) >= 11 is 0. The third-order valence-electron chi connectivity index (χ3n) is 5.95. The predicted octanol–water partition coefficient (Wildman–Crippen LogP) is 5.38. The van der Waals surface area contributed by atoms with Crippen LogP contribution in [0.3, 0.4) is 0 Å². The lowest BCUT2D eigenvalue weighted by atomic mass is 9.97. The van der Waals surface area contributed by atoms with Gasteiger partial charge in [0.25, 0.3) is 0 Å². The number of ether oxygens (including phenoxy) is 1. The molecule has 2 heterocycles. The monoisotopic (exact) mass is 388 g/mol. The van der Waals surface area contributed by atoms with Crippen molar-refractivity contribution < 1.29 is 9.53 Å². The zero-order valence-corrected chi connectivity index (χ0v) is 17.4. The van der Waals surface area contributed by atoms with E-state index in [0.29, 0.717) is 6.42 Å². The Hall–Kier alpha value is -2.88. The number of pyridine rings is 1. The molecule has 0 aliphatic carbocycles. The maximum atomic E-state index is 12.0. The van der Waals surface area contributed by atoms with Crippen LogP contribution in [0.5, 0.6) is 5.75 Å². The predicted molar refractivity (Wildman–Crippen MR) is 117 cm³/mol. The van der Waals surface area contributed by atoms with Crippen molar-refractivity contribution in [1.82, 2.24) is 9.88 Å². The fourth-order valence-electron chi connectivity index (χ4n) is 4.32. The number of hydrogen-bond acceptors (Lipinski definition) is 3. The number of benzene rings is 2. The van der Waals surface area contributed by atoms with Crippen LogP contribution in [0.1, 0.15) is 38.7 Å². The molecular weight excluding hydrogens is 360 g/mol. The van der Waals surface area contributed by atoms with Gasteiger partial charge in [-0.3, -0.25) is 9.78 Å². The van der Waals surface area contributed by atoms with Gasteiger partial charge in [-0.2, -0.15) is 0 Å². The molecule has 3 aromatic rings. The summed E-state index contributed by atoms with van der Waals surface area (Å²) in [6.45, 7) is 6.94. The summed E-state index contributed by atoms with van der Waals surface area (Å²) in [4.78, 5) is 18.5. The number of carbonyl (C=O) groups is 1. The van der Waals surface area contributed by atoms with Crippen LogP contribution in [-0.4, -0.2) is 34.5 Å². The van der Waals surface area contributed by atoms with Crippen molar-refractivity contribution in [2.24, 2.45) is 0 Å². The molecule has 1 saturated heterocycles. The highest BCUT2D eigenvalue weighted by molar-refractivity contribution is 5.88. The SMILES string of the molecule is CCC(=O)N1CCC(Oc2ccc(-c3ccc4cccnc4c3C)cc2)CC1C. The van der Waals surface area contributed by atoms with Gasteiger partial charge in [-0.25, -0.2) is 0 Å². The summed E-state index contributed by atoms with van der Waals surface area (Å²) in [6, 6.07) is 16.9. The fourth-order valence-corrected chi connectivity index (χ4v) is 4.32. The van der Waals surface area contributed by atoms with E-state index in [4.69, 9.17) is 4.74 Å². The molecule has 1 aromatic heterocycles. The van der Waals surface area contributed by atoms with Gasteiger partial charge >= 0.3 is 0 Å². The van der Waals surface area contributed by atoms with Crippen molar-refractivity contribution in [2.45, 2.75) is 52.2 Å². The molecule has 2 aromatic carbocycles. The number of piperidine rings is 1. The second kappa shape index (κ2) is 8.24. The van der Waals surface area contributed by atoms with Gasteiger partial charge in [-0.05, 0) is 48.7 Å². The molecule has 1 aliphatic rings. The Labute approximate surface area is 172 Å². The van der Waals surface area contributed by atoms with Crippen LogP contribution in [-0.2, 0) is 4.79 Å². The van der Waals surface area contributed by atoms with E-state index in [9.17, 15) is 4.79 Å². The van der Waals surface area contributed by atoms with E-state index in [2.05, 4.69) is 49.2 Å². The minimum atomic E-state index is 0.156. The third kappa shape index (κ3) is 3.98. The van der Waals surface area contributed by atoms with E-state index >= 15 is 0 Å². The highest BCUT2D eigenvalue weighted by Gasteiger charge is 2.28. The summed E-state index contributed by atoms with van der Waals surface area (Å²) in [5.41, 5.74) is 4.60. The Bertz CT molecular complexity index is 1010. The molecule has 1 amide bonds. The van der Waals surface area contributed by atoms with Crippen molar-refractivity contribution >= 4 is 16.8 Å². The molecule has 2 atom stereocenters. The summed E-state index contributed by atoms with van der Waals surface area (Å²) in [5, 5.41) is 1.16. The smallest absolute Gasteiger partial charge is 0.222 e.